The molecule has 1 aromatic carbocycles. The zero-order valence-electron chi connectivity index (χ0n) is 11.4. The predicted molar refractivity (Wildman–Crippen MR) is 87.0 cm³/mol. The Morgan fingerprint density at radius 1 is 1.24 bits per heavy atom. The Morgan fingerprint density at radius 3 is 2.52 bits per heavy atom. The fourth-order valence-corrected chi connectivity index (χ4v) is 1.68. The molecule has 0 saturated heterocycles. The first-order valence-electron chi connectivity index (χ1n) is 6.19. The number of amides is 1. The molecule has 3 N–H and O–H groups in total. The van der Waals surface area contributed by atoms with Crippen molar-refractivity contribution in [2.75, 3.05) is 11.9 Å². The molecule has 1 heterocycles. The maximum atomic E-state index is 11.5. The fourth-order valence-electron chi connectivity index (χ4n) is 1.68. The molecule has 0 aliphatic heterocycles. The van der Waals surface area contributed by atoms with Crippen LogP contribution in [0.25, 0.3) is 0 Å². The van der Waals surface area contributed by atoms with Gasteiger partial charge in [0.05, 0.1) is 6.54 Å². The van der Waals surface area contributed by atoms with Gasteiger partial charge in [0.25, 0.3) is 0 Å². The largest absolute Gasteiger partial charge is 0.330 e. The van der Waals surface area contributed by atoms with Crippen LogP contribution in [0.4, 0.5) is 5.69 Å². The SMILES string of the molecule is Cl.Cl.NCCCC(=O)Nc1ccc(Cn2cncn2)cc1. The van der Waals surface area contributed by atoms with E-state index in [4.69, 9.17) is 5.73 Å². The number of carbonyl (C=O) groups is 1. The number of halogens is 2. The second kappa shape index (κ2) is 10.1. The number of hydrogen-bond acceptors (Lipinski definition) is 4. The van der Waals surface area contributed by atoms with Crippen molar-refractivity contribution in [1.82, 2.24) is 14.8 Å². The van der Waals surface area contributed by atoms with Gasteiger partial charge in [-0.1, -0.05) is 12.1 Å². The molecule has 8 heteroatoms. The number of nitrogens with one attached hydrogen (secondary N) is 1. The number of nitrogens with zero attached hydrogens (tertiary/aromatic N) is 3. The van der Waals surface area contributed by atoms with Crippen molar-refractivity contribution in [3.8, 4) is 0 Å². The van der Waals surface area contributed by atoms with Gasteiger partial charge in [-0.05, 0) is 30.7 Å². The van der Waals surface area contributed by atoms with Crippen LogP contribution in [0.2, 0.25) is 0 Å². The topological polar surface area (TPSA) is 85.8 Å². The second-order valence-electron chi connectivity index (χ2n) is 4.23. The van der Waals surface area contributed by atoms with E-state index >= 15 is 0 Å². The molecule has 1 amide bonds. The summed E-state index contributed by atoms with van der Waals surface area (Å²) in [6.45, 7) is 1.20. The Morgan fingerprint density at radius 2 is 1.95 bits per heavy atom. The molecule has 0 bridgehead atoms. The van der Waals surface area contributed by atoms with Crippen molar-refractivity contribution in [2.24, 2.45) is 5.73 Å². The normalized spacial score (nSPS) is 9.38. The molecule has 0 saturated carbocycles. The zero-order valence-corrected chi connectivity index (χ0v) is 13.1. The van der Waals surface area contributed by atoms with Crippen molar-refractivity contribution in [3.63, 3.8) is 0 Å². The third-order valence-corrected chi connectivity index (χ3v) is 2.66. The summed E-state index contributed by atoms with van der Waals surface area (Å²) in [6.07, 6.45) is 4.34. The Kier molecular flexibility index (Phi) is 9.36. The van der Waals surface area contributed by atoms with Crippen LogP contribution in [0.5, 0.6) is 0 Å². The molecule has 116 valence electrons. The van der Waals surface area contributed by atoms with E-state index in [0.29, 0.717) is 25.9 Å². The summed E-state index contributed by atoms with van der Waals surface area (Å²) in [5.74, 6) is -0.00511. The van der Waals surface area contributed by atoms with Crippen molar-refractivity contribution in [2.45, 2.75) is 19.4 Å². The highest BCUT2D eigenvalue weighted by molar-refractivity contribution is 5.90. The lowest BCUT2D eigenvalue weighted by Crippen LogP contribution is -2.13. The van der Waals surface area contributed by atoms with Crippen LogP contribution in [0.3, 0.4) is 0 Å². The number of anilines is 1. The summed E-state index contributed by atoms with van der Waals surface area (Å²) in [5.41, 5.74) is 7.26. The quantitative estimate of drug-likeness (QED) is 0.845. The Bertz CT molecular complexity index is 516. The molecular weight excluding hydrogens is 313 g/mol. The first-order valence-corrected chi connectivity index (χ1v) is 6.19. The molecule has 0 unspecified atom stereocenters. The third kappa shape index (κ3) is 6.57. The molecule has 1 aromatic heterocycles. The minimum Gasteiger partial charge on any atom is -0.330 e. The van der Waals surface area contributed by atoms with Crippen LogP contribution in [-0.4, -0.2) is 27.2 Å². The van der Waals surface area contributed by atoms with Gasteiger partial charge in [-0.3, -0.25) is 4.79 Å². The second-order valence-corrected chi connectivity index (χ2v) is 4.23. The molecule has 2 rings (SSSR count). The number of carbonyl (C=O) groups excluding carboxylic acids is 1. The molecular formula is C13H19Cl2N5O. The predicted octanol–water partition coefficient (Wildman–Crippen LogP) is 1.85. The van der Waals surface area contributed by atoms with Crippen LogP contribution in [0, 0.1) is 0 Å². The molecule has 21 heavy (non-hydrogen) atoms. The molecule has 0 radical (unpaired) electrons. The molecule has 2 aromatic rings. The lowest BCUT2D eigenvalue weighted by molar-refractivity contribution is -0.116. The van der Waals surface area contributed by atoms with Gasteiger partial charge in [-0.2, -0.15) is 5.10 Å². The van der Waals surface area contributed by atoms with E-state index in [9.17, 15) is 4.79 Å². The van der Waals surface area contributed by atoms with E-state index in [1.165, 1.54) is 6.33 Å². The maximum Gasteiger partial charge on any atom is 0.224 e. The summed E-state index contributed by atoms with van der Waals surface area (Å²) in [6, 6.07) is 7.68. The lowest BCUT2D eigenvalue weighted by Gasteiger charge is -2.06. The standard InChI is InChI=1S/C13H17N5O.2ClH/c14-7-1-2-13(19)17-12-5-3-11(4-6-12)8-18-10-15-9-16-18;;/h3-6,9-10H,1-2,7-8,14H2,(H,17,19);2*1H. The van der Waals surface area contributed by atoms with Crippen molar-refractivity contribution in [3.05, 3.63) is 42.5 Å². The molecule has 0 atom stereocenters. The lowest BCUT2D eigenvalue weighted by atomic mass is 10.2. The number of nitrogens with two attached hydrogens (primary N) is 1. The first-order chi connectivity index (χ1) is 9.28. The molecule has 6 nitrogen and oxygen atoms in total. The number of rotatable bonds is 6. The van der Waals surface area contributed by atoms with Crippen LogP contribution >= 0.6 is 24.8 Å². The van der Waals surface area contributed by atoms with Crippen molar-refractivity contribution >= 4 is 36.4 Å². The number of benzene rings is 1. The summed E-state index contributed by atoms with van der Waals surface area (Å²) < 4.78 is 1.74. The van der Waals surface area contributed by atoms with Gasteiger partial charge in [0.2, 0.25) is 5.91 Å². The average Bonchev–Trinajstić information content (AvgIpc) is 2.91. The highest BCUT2D eigenvalue weighted by Gasteiger charge is 2.02. The van der Waals surface area contributed by atoms with E-state index in [1.807, 2.05) is 24.3 Å². The minimum atomic E-state index is -0.00511. The number of hydrogen-bond donors (Lipinski definition) is 2. The molecule has 0 spiro atoms. The Balaban J connectivity index is 0.00000200. The highest BCUT2D eigenvalue weighted by atomic mass is 35.5. The van der Waals surface area contributed by atoms with Crippen LogP contribution in [-0.2, 0) is 11.3 Å². The summed E-state index contributed by atoms with van der Waals surface area (Å²) in [5, 5.41) is 6.87. The van der Waals surface area contributed by atoms with Gasteiger partial charge in [-0.25, -0.2) is 9.67 Å². The van der Waals surface area contributed by atoms with Gasteiger partial charge in [0, 0.05) is 12.1 Å². The van der Waals surface area contributed by atoms with Gasteiger partial charge < -0.3 is 11.1 Å². The van der Waals surface area contributed by atoms with Crippen LogP contribution in [0.1, 0.15) is 18.4 Å². The fraction of sp³-hybridized carbons (Fsp3) is 0.308. The Labute approximate surface area is 135 Å². The van der Waals surface area contributed by atoms with E-state index in [1.54, 1.807) is 11.0 Å². The van der Waals surface area contributed by atoms with Gasteiger partial charge in [-0.15, -0.1) is 24.8 Å². The van der Waals surface area contributed by atoms with E-state index < -0.39 is 0 Å². The average molecular weight is 332 g/mol. The first kappa shape index (κ1) is 19.4. The zero-order chi connectivity index (χ0) is 13.5. The summed E-state index contributed by atoms with van der Waals surface area (Å²) in [7, 11) is 0. The molecule has 0 aliphatic rings. The van der Waals surface area contributed by atoms with Crippen LogP contribution in [0.15, 0.2) is 36.9 Å². The number of aromatic nitrogens is 3. The van der Waals surface area contributed by atoms with E-state index in [2.05, 4.69) is 15.4 Å². The van der Waals surface area contributed by atoms with Gasteiger partial charge >= 0.3 is 0 Å². The summed E-state index contributed by atoms with van der Waals surface area (Å²) in [4.78, 5) is 15.4. The third-order valence-electron chi connectivity index (χ3n) is 2.66. The summed E-state index contributed by atoms with van der Waals surface area (Å²) >= 11 is 0. The molecule has 0 aliphatic carbocycles. The maximum absolute atomic E-state index is 11.5. The van der Waals surface area contributed by atoms with E-state index in [-0.39, 0.29) is 30.7 Å². The highest BCUT2D eigenvalue weighted by Crippen LogP contribution is 2.11. The smallest absolute Gasteiger partial charge is 0.224 e. The van der Waals surface area contributed by atoms with Gasteiger partial charge in [0.15, 0.2) is 0 Å². The van der Waals surface area contributed by atoms with Crippen molar-refractivity contribution in [1.29, 1.82) is 0 Å². The minimum absolute atomic E-state index is 0. The molecule has 0 fully saturated rings. The van der Waals surface area contributed by atoms with Crippen molar-refractivity contribution < 1.29 is 4.79 Å². The van der Waals surface area contributed by atoms with E-state index in [0.717, 1.165) is 11.3 Å². The van der Waals surface area contributed by atoms with Crippen LogP contribution < -0.4 is 11.1 Å². The van der Waals surface area contributed by atoms with Gasteiger partial charge in [0.1, 0.15) is 12.7 Å². The Hall–Kier alpha value is -1.63. The monoisotopic (exact) mass is 331 g/mol.